The lowest BCUT2D eigenvalue weighted by molar-refractivity contribution is 1.46. The highest BCUT2D eigenvalue weighted by atomic mass is 14.2. The van der Waals surface area contributed by atoms with Crippen LogP contribution in [-0.4, -0.2) is 0 Å². The van der Waals surface area contributed by atoms with Crippen molar-refractivity contribution in [3.05, 3.63) is 193 Å². The molecule has 0 saturated carbocycles. The Morgan fingerprint density at radius 3 is 1.53 bits per heavy atom. The van der Waals surface area contributed by atoms with Gasteiger partial charge in [0.25, 0.3) is 0 Å². The van der Waals surface area contributed by atoms with Crippen molar-refractivity contribution in [2.24, 2.45) is 0 Å². The summed E-state index contributed by atoms with van der Waals surface area (Å²) in [6.45, 7) is 1.89. The molecule has 0 radical (unpaired) electrons. The van der Waals surface area contributed by atoms with Gasteiger partial charge in [0, 0.05) is 0 Å². The van der Waals surface area contributed by atoms with Crippen LogP contribution < -0.4 is 0 Å². The van der Waals surface area contributed by atoms with Gasteiger partial charge in [-0.05, 0) is 145 Å². The summed E-state index contributed by atoms with van der Waals surface area (Å²) in [7, 11) is 0. The van der Waals surface area contributed by atoms with Gasteiger partial charge in [0.05, 0.1) is 24.7 Å². The van der Waals surface area contributed by atoms with Gasteiger partial charge >= 0.3 is 0 Å². The second-order valence-electron chi connectivity index (χ2n) is 13.9. The van der Waals surface area contributed by atoms with Crippen molar-refractivity contribution in [2.45, 2.75) is 6.92 Å². The fourth-order valence-corrected chi connectivity index (χ4v) is 8.22. The van der Waals surface area contributed by atoms with Crippen LogP contribution in [0.3, 0.4) is 0 Å². The molecule has 0 heterocycles. The highest BCUT2D eigenvalue weighted by Crippen LogP contribution is 2.49. The molecule has 0 spiro atoms. The first-order valence-corrected chi connectivity index (χ1v) is 17.8. The van der Waals surface area contributed by atoms with Crippen LogP contribution in [0.1, 0.15) is 30.2 Å². The minimum Gasteiger partial charge on any atom is -0.0616 e. The van der Waals surface area contributed by atoms with Crippen molar-refractivity contribution in [3.63, 3.8) is 0 Å². The summed E-state index contributed by atoms with van der Waals surface area (Å²) in [6.07, 6.45) is 0. The van der Waals surface area contributed by atoms with Gasteiger partial charge < -0.3 is 0 Å². The molecule has 0 bridgehead atoms. The molecule has 0 aliphatic heterocycles. The molecule has 0 unspecified atom stereocenters. The third-order valence-corrected chi connectivity index (χ3v) is 10.7. The fourth-order valence-electron chi connectivity index (χ4n) is 8.22. The Bertz CT molecular complexity index is 4490. The Balaban J connectivity index is 1.37. The number of hydrogen-bond donors (Lipinski definition) is 0. The molecule has 0 N–H and O–H groups in total. The second-order valence-corrected chi connectivity index (χ2v) is 13.9. The van der Waals surface area contributed by atoms with Gasteiger partial charge in [-0.25, -0.2) is 0 Å². The quantitative estimate of drug-likeness (QED) is 0.159. The third-order valence-electron chi connectivity index (χ3n) is 10.7. The molecule has 254 valence electrons. The maximum Gasteiger partial charge on any atom is 0.0630 e. The molecule has 55 heavy (non-hydrogen) atoms. The van der Waals surface area contributed by atoms with E-state index in [-0.39, 0.29) is 86.9 Å². The summed E-state index contributed by atoms with van der Waals surface area (Å²) < 4.78 is 167. The summed E-state index contributed by atoms with van der Waals surface area (Å²) in [4.78, 5) is 0. The van der Waals surface area contributed by atoms with Crippen LogP contribution in [0, 0.1) is 6.92 Å². The van der Waals surface area contributed by atoms with Crippen LogP contribution in [0.4, 0.5) is 0 Å². The molecule has 0 amide bonds. The molecular weight excluding hydrogens is 661 g/mol. The summed E-state index contributed by atoms with van der Waals surface area (Å²) in [5.41, 5.74) is 2.99. The van der Waals surface area contributed by atoms with Crippen LogP contribution in [0.2, 0.25) is 0 Å². The minimum absolute atomic E-state index is 0.0217. The monoisotopic (exact) mass is 712 g/mol. The standard InChI is InChI=1S/C55H34/c1-33-7-4-14-43(29-33)53-49(42-20-15-34-8-2-3-9-41(34)30-42)31-44(45-25-21-39-18-16-35-10-5-12-37-23-27-47(45)54(39)51(35)37)32-50(53)46-26-22-40-19-17-36-11-6-13-38-24-28-48(46)55(40)52(36)38/h2-32H,1H3/i5D,6D,10D,11D,12D,13D,16D,17D,18D,19D,21D,22D,23D,24D,25D,26D,27D,28D. The Labute approximate surface area is 344 Å². The smallest absolute Gasteiger partial charge is 0.0616 e. The number of benzene rings is 12. The first-order chi connectivity index (χ1) is 34.7. The van der Waals surface area contributed by atoms with E-state index in [4.69, 9.17) is 11.0 Å². The lowest BCUT2D eigenvalue weighted by atomic mass is 9.81. The SMILES string of the molecule is [2H]c1c([2H])c2c([2H])c([2H])c3c([2H])c([2H])c(-c4cc(-c5ccc6ccccc6c5)c(-c5cccc(C)c5)c(-c5c([2H])c([2H])c6c([2H])c([2H])c7c([2H])c([2H])c([2H])c8c([2H])c([2H])c5c6c78)c4)c4c([2H])c([2H])c(c1[2H])c2c34. The zero-order valence-corrected chi connectivity index (χ0v) is 29.0. The number of fused-ring (bicyclic) bond motifs is 1. The van der Waals surface area contributed by atoms with E-state index in [0.717, 1.165) is 16.3 Å². The summed E-state index contributed by atoms with van der Waals surface area (Å²) in [6, 6.07) is 14.3. The summed E-state index contributed by atoms with van der Waals surface area (Å²) >= 11 is 0. The van der Waals surface area contributed by atoms with E-state index >= 15 is 0 Å². The molecule has 0 aliphatic rings. The Morgan fingerprint density at radius 2 is 0.873 bits per heavy atom. The first-order valence-electron chi connectivity index (χ1n) is 26.8. The van der Waals surface area contributed by atoms with Crippen LogP contribution in [0.5, 0.6) is 0 Å². The van der Waals surface area contributed by atoms with Crippen molar-refractivity contribution < 1.29 is 24.7 Å². The van der Waals surface area contributed by atoms with Crippen LogP contribution in [0.15, 0.2) is 188 Å². The molecule has 0 aliphatic carbocycles. The van der Waals surface area contributed by atoms with Gasteiger partial charge in [-0.15, -0.1) is 0 Å². The average molecular weight is 713 g/mol. The normalized spacial score (nSPS) is 16.7. The molecule has 12 rings (SSSR count). The largest absolute Gasteiger partial charge is 0.0630 e. The number of rotatable bonds is 4. The Kier molecular flexibility index (Phi) is 3.73. The zero-order valence-electron chi connectivity index (χ0n) is 47.0. The highest BCUT2D eigenvalue weighted by Gasteiger charge is 2.22. The minimum atomic E-state index is -0.610. The third kappa shape index (κ3) is 4.52. The summed E-state index contributed by atoms with van der Waals surface area (Å²) in [5.74, 6) is 0. The summed E-state index contributed by atoms with van der Waals surface area (Å²) in [5, 5.41) is 0.0324. The van der Waals surface area contributed by atoms with Crippen LogP contribution >= 0.6 is 0 Å². The molecule has 0 aromatic heterocycles. The molecule has 0 saturated heterocycles. The molecule has 0 atom stereocenters. The van der Waals surface area contributed by atoms with E-state index in [1.165, 1.54) is 0 Å². The second kappa shape index (κ2) is 11.5. The van der Waals surface area contributed by atoms with Crippen molar-refractivity contribution >= 4 is 75.4 Å². The van der Waals surface area contributed by atoms with E-state index in [0.29, 0.717) is 22.3 Å². The Morgan fingerprint density at radius 1 is 0.327 bits per heavy atom. The van der Waals surface area contributed by atoms with Gasteiger partial charge in [0.2, 0.25) is 0 Å². The first kappa shape index (κ1) is 17.9. The molecule has 12 aromatic rings. The van der Waals surface area contributed by atoms with Crippen molar-refractivity contribution in [1.29, 1.82) is 0 Å². The van der Waals surface area contributed by atoms with Gasteiger partial charge in [-0.1, -0.05) is 175 Å². The molecule has 0 nitrogen and oxygen atoms in total. The predicted octanol–water partition coefficient (Wildman–Crippen LogP) is 15.6. The maximum atomic E-state index is 9.99. The van der Waals surface area contributed by atoms with Gasteiger partial charge in [-0.2, -0.15) is 0 Å². The zero-order chi connectivity index (χ0) is 51.9. The average Bonchev–Trinajstić information content (AvgIpc) is 3.38. The van der Waals surface area contributed by atoms with Crippen LogP contribution in [0.25, 0.3) is 120 Å². The van der Waals surface area contributed by atoms with E-state index in [9.17, 15) is 13.7 Å². The van der Waals surface area contributed by atoms with Gasteiger partial charge in [0.15, 0.2) is 0 Å². The lowest BCUT2D eigenvalue weighted by Gasteiger charge is -2.22. The maximum absolute atomic E-state index is 9.99. The van der Waals surface area contributed by atoms with Crippen molar-refractivity contribution in [1.82, 2.24) is 0 Å². The molecule has 0 heteroatoms. The topological polar surface area (TPSA) is 0 Å². The van der Waals surface area contributed by atoms with Gasteiger partial charge in [-0.3, -0.25) is 0 Å². The van der Waals surface area contributed by atoms with E-state index in [2.05, 4.69) is 0 Å². The number of aryl methyl sites for hydroxylation is 1. The van der Waals surface area contributed by atoms with Crippen molar-refractivity contribution in [3.8, 4) is 44.5 Å². The molecular formula is C55H34. The van der Waals surface area contributed by atoms with Crippen LogP contribution in [-0.2, 0) is 0 Å². The van der Waals surface area contributed by atoms with E-state index < -0.39 is 109 Å². The van der Waals surface area contributed by atoms with Gasteiger partial charge in [0.1, 0.15) is 0 Å². The van der Waals surface area contributed by atoms with Crippen molar-refractivity contribution in [2.75, 3.05) is 0 Å². The highest BCUT2D eigenvalue weighted by molar-refractivity contribution is 6.27. The number of hydrogen-bond acceptors (Lipinski definition) is 0. The fraction of sp³-hybridized carbons (Fsp3) is 0.0182. The predicted molar refractivity (Wildman–Crippen MR) is 238 cm³/mol. The Hall–Kier alpha value is -7.02. The van der Waals surface area contributed by atoms with E-state index in [1.54, 1.807) is 12.1 Å². The van der Waals surface area contributed by atoms with E-state index in [1.807, 2.05) is 73.7 Å². The lowest BCUT2D eigenvalue weighted by Crippen LogP contribution is -1.96. The molecule has 12 aromatic carbocycles. The molecule has 0 fully saturated rings.